The number of carbonyl (C=O) groups excluding carboxylic acids is 2. The number of aryl methyl sites for hydroxylation is 2. The standard InChI is InChI=1S/C31H39BN4O4/c1-19-18-21(10-12-24(19)32-39-30(2,3)31(4,5)40-32)20-14-16-36(17-15-20)25-9-7-8-22-27(34-35(6)28(22)25)23-11-13-26(37)33-29(23)38/h7-10,12,18,20,23H,11,13-17H2,1-6H3,(H,33,37,38). The number of imide groups is 1. The number of rotatable bonds is 4. The van der Waals surface area contributed by atoms with Crippen LogP contribution in [0.5, 0.6) is 0 Å². The van der Waals surface area contributed by atoms with Crippen LogP contribution in [0, 0.1) is 6.92 Å². The molecular formula is C31H39BN4O4. The number of para-hydroxylation sites is 1. The molecule has 2 amide bonds. The smallest absolute Gasteiger partial charge is 0.399 e. The second-order valence-electron chi connectivity index (χ2n) is 12.7. The maximum absolute atomic E-state index is 12.6. The van der Waals surface area contributed by atoms with Gasteiger partial charge in [-0.15, -0.1) is 0 Å². The topological polar surface area (TPSA) is 85.7 Å². The predicted molar refractivity (Wildman–Crippen MR) is 157 cm³/mol. The summed E-state index contributed by atoms with van der Waals surface area (Å²) in [4.78, 5) is 26.7. The Morgan fingerprint density at radius 2 is 1.70 bits per heavy atom. The van der Waals surface area contributed by atoms with Crippen molar-refractivity contribution in [1.82, 2.24) is 15.1 Å². The Kier molecular flexibility index (Phi) is 6.58. The van der Waals surface area contributed by atoms with E-state index in [2.05, 4.69) is 75.2 Å². The summed E-state index contributed by atoms with van der Waals surface area (Å²) in [6.45, 7) is 12.4. The lowest BCUT2D eigenvalue weighted by molar-refractivity contribution is -0.134. The number of hydrogen-bond donors (Lipinski definition) is 1. The van der Waals surface area contributed by atoms with Crippen molar-refractivity contribution in [2.75, 3.05) is 18.0 Å². The Morgan fingerprint density at radius 3 is 2.35 bits per heavy atom. The molecule has 3 fully saturated rings. The molecule has 0 spiro atoms. The first-order valence-corrected chi connectivity index (χ1v) is 14.5. The molecule has 1 unspecified atom stereocenters. The van der Waals surface area contributed by atoms with Gasteiger partial charge in [-0.1, -0.05) is 35.9 Å². The summed E-state index contributed by atoms with van der Waals surface area (Å²) in [6, 6.07) is 13.0. The van der Waals surface area contributed by atoms with Crippen molar-refractivity contribution >= 4 is 41.0 Å². The molecule has 0 bridgehead atoms. The molecule has 4 heterocycles. The number of anilines is 1. The maximum atomic E-state index is 12.6. The molecule has 1 atom stereocenters. The first kappa shape index (κ1) is 27.0. The van der Waals surface area contributed by atoms with Gasteiger partial charge in [-0.25, -0.2) is 0 Å². The lowest BCUT2D eigenvalue weighted by Crippen LogP contribution is -2.41. The molecular weight excluding hydrogens is 503 g/mol. The van der Waals surface area contributed by atoms with Crippen LogP contribution in [0.25, 0.3) is 10.9 Å². The Morgan fingerprint density at radius 1 is 1.00 bits per heavy atom. The van der Waals surface area contributed by atoms with Gasteiger partial charge in [0.15, 0.2) is 0 Å². The molecule has 2 aromatic carbocycles. The van der Waals surface area contributed by atoms with Gasteiger partial charge in [-0.05, 0) is 76.9 Å². The number of aromatic nitrogens is 2. The molecule has 6 rings (SSSR count). The van der Waals surface area contributed by atoms with Crippen molar-refractivity contribution in [1.29, 1.82) is 0 Å². The van der Waals surface area contributed by atoms with Gasteiger partial charge in [-0.2, -0.15) is 5.10 Å². The molecule has 3 aliphatic heterocycles. The highest BCUT2D eigenvalue weighted by Gasteiger charge is 2.52. The summed E-state index contributed by atoms with van der Waals surface area (Å²) in [7, 11) is 1.60. The molecule has 3 saturated heterocycles. The van der Waals surface area contributed by atoms with E-state index in [1.165, 1.54) is 11.1 Å². The summed E-state index contributed by atoms with van der Waals surface area (Å²) < 4.78 is 14.5. The van der Waals surface area contributed by atoms with E-state index in [-0.39, 0.29) is 30.1 Å². The van der Waals surface area contributed by atoms with E-state index in [9.17, 15) is 9.59 Å². The third-order valence-corrected chi connectivity index (χ3v) is 9.55. The maximum Gasteiger partial charge on any atom is 0.495 e. The minimum Gasteiger partial charge on any atom is -0.399 e. The molecule has 3 aromatic rings. The highest BCUT2D eigenvalue weighted by atomic mass is 16.7. The van der Waals surface area contributed by atoms with Gasteiger partial charge in [-0.3, -0.25) is 19.6 Å². The van der Waals surface area contributed by atoms with E-state index >= 15 is 0 Å². The number of nitrogens with one attached hydrogen (secondary N) is 1. The zero-order chi connectivity index (χ0) is 28.4. The summed E-state index contributed by atoms with van der Waals surface area (Å²) in [5, 5.41) is 8.24. The fraction of sp³-hybridized carbons (Fsp3) is 0.516. The van der Waals surface area contributed by atoms with Crippen molar-refractivity contribution in [3.05, 3.63) is 53.2 Å². The average Bonchev–Trinajstić information content (AvgIpc) is 3.35. The third kappa shape index (κ3) is 4.53. The van der Waals surface area contributed by atoms with Crippen molar-refractivity contribution in [2.45, 2.75) is 83.3 Å². The minimum absolute atomic E-state index is 0.206. The molecule has 40 heavy (non-hydrogen) atoms. The van der Waals surface area contributed by atoms with Crippen molar-refractivity contribution in [2.24, 2.45) is 7.05 Å². The summed E-state index contributed by atoms with van der Waals surface area (Å²) in [5.41, 5.74) is 5.94. The van der Waals surface area contributed by atoms with Crippen molar-refractivity contribution in [3.63, 3.8) is 0 Å². The van der Waals surface area contributed by atoms with Crippen LogP contribution in [0.3, 0.4) is 0 Å². The number of carbonyl (C=O) groups is 2. The zero-order valence-electron chi connectivity index (χ0n) is 24.4. The summed E-state index contributed by atoms with van der Waals surface area (Å²) in [6.07, 6.45) is 2.96. The molecule has 1 aromatic heterocycles. The Labute approximate surface area is 236 Å². The van der Waals surface area contributed by atoms with E-state index in [0.717, 1.165) is 53.7 Å². The van der Waals surface area contributed by atoms with Crippen LogP contribution in [0.2, 0.25) is 0 Å². The van der Waals surface area contributed by atoms with Crippen LogP contribution in [-0.4, -0.2) is 53.0 Å². The van der Waals surface area contributed by atoms with Crippen LogP contribution in [0.4, 0.5) is 5.69 Å². The second kappa shape index (κ2) is 9.73. The second-order valence-corrected chi connectivity index (χ2v) is 12.7. The van der Waals surface area contributed by atoms with Gasteiger partial charge in [0.05, 0.1) is 34.0 Å². The van der Waals surface area contributed by atoms with Crippen LogP contribution < -0.4 is 15.7 Å². The summed E-state index contributed by atoms with van der Waals surface area (Å²) in [5.74, 6) is -0.358. The van der Waals surface area contributed by atoms with Gasteiger partial charge in [0.1, 0.15) is 0 Å². The zero-order valence-corrected chi connectivity index (χ0v) is 24.4. The number of piperidine rings is 2. The lowest BCUT2D eigenvalue weighted by atomic mass is 9.74. The Hall–Kier alpha value is -3.17. The van der Waals surface area contributed by atoms with E-state index in [4.69, 9.17) is 14.4 Å². The third-order valence-electron chi connectivity index (χ3n) is 9.55. The molecule has 0 aliphatic carbocycles. The molecule has 0 radical (unpaired) electrons. The highest BCUT2D eigenvalue weighted by Crippen LogP contribution is 2.39. The van der Waals surface area contributed by atoms with E-state index in [1.807, 2.05) is 17.8 Å². The van der Waals surface area contributed by atoms with Crippen LogP contribution in [0.15, 0.2) is 36.4 Å². The van der Waals surface area contributed by atoms with Crippen LogP contribution >= 0.6 is 0 Å². The molecule has 8 nitrogen and oxygen atoms in total. The number of hydrogen-bond acceptors (Lipinski definition) is 6. The van der Waals surface area contributed by atoms with Gasteiger partial charge >= 0.3 is 7.12 Å². The van der Waals surface area contributed by atoms with E-state index < -0.39 is 5.92 Å². The summed E-state index contributed by atoms with van der Waals surface area (Å²) >= 11 is 0. The molecule has 3 aliphatic rings. The largest absolute Gasteiger partial charge is 0.495 e. The number of nitrogens with zero attached hydrogens (tertiary/aromatic N) is 3. The number of benzene rings is 2. The lowest BCUT2D eigenvalue weighted by Gasteiger charge is -2.34. The van der Waals surface area contributed by atoms with Gasteiger partial charge in [0, 0.05) is 31.9 Å². The first-order valence-electron chi connectivity index (χ1n) is 14.5. The highest BCUT2D eigenvalue weighted by molar-refractivity contribution is 6.62. The molecule has 1 N–H and O–H groups in total. The quantitative estimate of drug-likeness (QED) is 0.395. The molecule has 0 saturated carbocycles. The van der Waals surface area contributed by atoms with Gasteiger partial charge in [0.25, 0.3) is 0 Å². The van der Waals surface area contributed by atoms with E-state index in [1.54, 1.807) is 0 Å². The monoisotopic (exact) mass is 542 g/mol. The van der Waals surface area contributed by atoms with Crippen LogP contribution in [0.1, 0.15) is 82.0 Å². The average molecular weight is 542 g/mol. The van der Waals surface area contributed by atoms with E-state index in [0.29, 0.717) is 18.8 Å². The Bertz CT molecular complexity index is 1470. The predicted octanol–water partition coefficient (Wildman–Crippen LogP) is 4.09. The normalized spacial score (nSPS) is 23.2. The van der Waals surface area contributed by atoms with Gasteiger partial charge < -0.3 is 14.2 Å². The minimum atomic E-state index is -0.397. The first-order chi connectivity index (χ1) is 18.9. The number of fused-ring (bicyclic) bond motifs is 1. The fourth-order valence-corrected chi connectivity index (χ4v) is 6.45. The number of amides is 2. The van der Waals surface area contributed by atoms with Gasteiger partial charge in [0.2, 0.25) is 11.8 Å². The molecule has 210 valence electrons. The molecule has 9 heteroatoms. The SMILES string of the molecule is Cc1cc(C2CCN(c3cccc4c(C5CCC(=O)NC5=O)nn(C)c34)CC2)ccc1B1OC(C)(C)C(C)(C)O1. The fourth-order valence-electron chi connectivity index (χ4n) is 6.45. The van der Waals surface area contributed by atoms with Crippen LogP contribution in [-0.2, 0) is 25.9 Å². The Balaban J connectivity index is 1.18. The van der Waals surface area contributed by atoms with Crippen molar-refractivity contribution < 1.29 is 18.9 Å². The van der Waals surface area contributed by atoms with Crippen molar-refractivity contribution in [3.8, 4) is 0 Å².